The van der Waals surface area contributed by atoms with Gasteiger partial charge in [0.15, 0.2) is 0 Å². The second-order valence-corrected chi connectivity index (χ2v) is 9.79. The molecule has 178 valence electrons. The average Bonchev–Trinajstić information content (AvgIpc) is 3.29. The summed E-state index contributed by atoms with van der Waals surface area (Å²) in [6.45, 7) is 0. The molecule has 0 atom stereocenters. The van der Waals surface area contributed by atoms with Gasteiger partial charge in [-0.15, -0.1) is 10.2 Å². The molecule has 3 heteroatoms. The van der Waals surface area contributed by atoms with E-state index in [1.54, 1.807) is 0 Å². The van der Waals surface area contributed by atoms with Gasteiger partial charge < -0.3 is 4.74 Å². The van der Waals surface area contributed by atoms with Gasteiger partial charge in [-0.2, -0.15) is 0 Å². The number of aromatic nitrogens is 2. The zero-order valence-electron chi connectivity index (χ0n) is 20.5. The highest BCUT2D eigenvalue weighted by Crippen LogP contribution is 2.62. The van der Waals surface area contributed by atoms with Crippen molar-refractivity contribution in [2.24, 2.45) is 0 Å². The van der Waals surface area contributed by atoms with Crippen LogP contribution in [0.4, 0.5) is 0 Å². The van der Waals surface area contributed by atoms with Crippen LogP contribution < -0.4 is 4.74 Å². The number of rotatable bonds is 2. The van der Waals surface area contributed by atoms with E-state index in [2.05, 4.69) is 95.1 Å². The highest BCUT2D eigenvalue weighted by Gasteiger charge is 2.51. The Morgan fingerprint density at radius 2 is 0.974 bits per heavy atom. The number of nitrogens with zero attached hydrogens (tertiary/aromatic N) is 2. The van der Waals surface area contributed by atoms with Crippen LogP contribution in [-0.2, 0) is 5.41 Å². The number of para-hydroxylation sites is 2. The predicted molar refractivity (Wildman–Crippen MR) is 150 cm³/mol. The van der Waals surface area contributed by atoms with E-state index in [1.165, 1.54) is 22.3 Å². The van der Waals surface area contributed by atoms with Gasteiger partial charge >= 0.3 is 0 Å². The summed E-state index contributed by atoms with van der Waals surface area (Å²) in [5.41, 5.74) is 10.5. The van der Waals surface area contributed by atoms with E-state index in [1.807, 2.05) is 48.5 Å². The molecule has 1 aliphatic heterocycles. The first-order valence-corrected chi connectivity index (χ1v) is 12.9. The van der Waals surface area contributed by atoms with Crippen molar-refractivity contribution in [3.05, 3.63) is 156 Å². The number of hydrogen-bond donors (Lipinski definition) is 0. The Morgan fingerprint density at radius 3 is 1.68 bits per heavy atom. The normalized spacial score (nSPS) is 13.7. The van der Waals surface area contributed by atoms with Gasteiger partial charge in [0.1, 0.15) is 11.5 Å². The molecule has 2 heterocycles. The lowest BCUT2D eigenvalue weighted by Gasteiger charge is -2.40. The zero-order chi connectivity index (χ0) is 25.1. The molecule has 0 amide bonds. The summed E-state index contributed by atoms with van der Waals surface area (Å²) in [5, 5.41) is 9.24. The van der Waals surface area contributed by atoms with E-state index in [4.69, 9.17) is 4.74 Å². The maximum absolute atomic E-state index is 6.73. The molecule has 8 rings (SSSR count). The van der Waals surface area contributed by atoms with Crippen molar-refractivity contribution in [1.82, 2.24) is 10.2 Å². The SMILES string of the molecule is c1ccc(-c2ccc(-c3cccc4c3Oc3ccccc3C43c4ccccc4-c4ccccc43)nn2)cc1. The third-order valence-electron chi connectivity index (χ3n) is 7.88. The van der Waals surface area contributed by atoms with Crippen molar-refractivity contribution >= 4 is 0 Å². The van der Waals surface area contributed by atoms with Gasteiger partial charge in [-0.25, -0.2) is 0 Å². The Bertz CT molecular complexity index is 1800. The first kappa shape index (κ1) is 21.1. The lowest BCUT2D eigenvalue weighted by Crippen LogP contribution is -2.32. The van der Waals surface area contributed by atoms with Gasteiger partial charge in [0.25, 0.3) is 0 Å². The number of hydrogen-bond acceptors (Lipinski definition) is 3. The maximum Gasteiger partial charge on any atom is 0.141 e. The average molecular weight is 487 g/mol. The fourth-order valence-electron chi connectivity index (χ4n) is 6.32. The summed E-state index contributed by atoms with van der Waals surface area (Å²) >= 11 is 0. The molecule has 0 saturated heterocycles. The number of fused-ring (bicyclic) bond motifs is 9. The summed E-state index contributed by atoms with van der Waals surface area (Å²) in [6.07, 6.45) is 0. The van der Waals surface area contributed by atoms with Crippen LogP contribution in [-0.4, -0.2) is 10.2 Å². The minimum Gasteiger partial charge on any atom is -0.456 e. The van der Waals surface area contributed by atoms with E-state index in [0.717, 1.165) is 45.1 Å². The fraction of sp³-hybridized carbons (Fsp3) is 0.0286. The summed E-state index contributed by atoms with van der Waals surface area (Å²) in [4.78, 5) is 0. The summed E-state index contributed by atoms with van der Waals surface area (Å²) in [6, 6.07) is 46.6. The lowest BCUT2D eigenvalue weighted by molar-refractivity contribution is 0.438. The molecule has 1 aromatic heterocycles. The van der Waals surface area contributed by atoms with Crippen LogP contribution >= 0.6 is 0 Å². The van der Waals surface area contributed by atoms with Gasteiger partial charge in [-0.05, 0) is 46.5 Å². The van der Waals surface area contributed by atoms with Gasteiger partial charge in [0, 0.05) is 22.3 Å². The third kappa shape index (κ3) is 2.79. The van der Waals surface area contributed by atoms with Crippen molar-refractivity contribution in [2.45, 2.75) is 5.41 Å². The predicted octanol–water partition coefficient (Wildman–Crippen LogP) is 8.28. The highest BCUT2D eigenvalue weighted by atomic mass is 16.5. The van der Waals surface area contributed by atoms with Crippen LogP contribution in [0.1, 0.15) is 22.3 Å². The molecule has 38 heavy (non-hydrogen) atoms. The molecule has 0 radical (unpaired) electrons. The summed E-state index contributed by atoms with van der Waals surface area (Å²) in [5.74, 6) is 1.70. The Balaban J connectivity index is 1.40. The molecular formula is C35H22N2O. The minimum atomic E-state index is -0.481. The van der Waals surface area contributed by atoms with Crippen LogP contribution in [0.3, 0.4) is 0 Å². The molecule has 5 aromatic carbocycles. The van der Waals surface area contributed by atoms with Crippen LogP contribution in [0.15, 0.2) is 133 Å². The largest absolute Gasteiger partial charge is 0.456 e. The van der Waals surface area contributed by atoms with Gasteiger partial charge in [-0.1, -0.05) is 109 Å². The molecular weight excluding hydrogens is 464 g/mol. The Hall–Kier alpha value is -5.02. The van der Waals surface area contributed by atoms with Crippen molar-refractivity contribution in [3.63, 3.8) is 0 Å². The van der Waals surface area contributed by atoms with Crippen molar-refractivity contribution in [1.29, 1.82) is 0 Å². The van der Waals surface area contributed by atoms with Gasteiger partial charge in [0.05, 0.1) is 16.8 Å². The standard InChI is InChI=1S/C35H22N2O/c1-2-11-23(12-3-1)31-21-22-32(37-36-31)26-15-10-19-30-34(26)38-33-20-9-8-18-29(33)35(30)27-16-6-4-13-24(27)25-14-5-7-17-28(25)35/h1-22H. The van der Waals surface area contributed by atoms with Crippen molar-refractivity contribution < 1.29 is 4.74 Å². The Morgan fingerprint density at radius 1 is 0.421 bits per heavy atom. The second-order valence-electron chi connectivity index (χ2n) is 9.79. The van der Waals surface area contributed by atoms with Crippen LogP contribution in [0.25, 0.3) is 33.6 Å². The third-order valence-corrected chi connectivity index (χ3v) is 7.88. The summed E-state index contributed by atoms with van der Waals surface area (Å²) in [7, 11) is 0. The van der Waals surface area contributed by atoms with Crippen LogP contribution in [0.2, 0.25) is 0 Å². The maximum atomic E-state index is 6.73. The molecule has 1 spiro atoms. The zero-order valence-corrected chi connectivity index (χ0v) is 20.5. The quantitative estimate of drug-likeness (QED) is 0.247. The molecule has 3 nitrogen and oxygen atoms in total. The fourth-order valence-corrected chi connectivity index (χ4v) is 6.32. The molecule has 2 aliphatic rings. The smallest absolute Gasteiger partial charge is 0.141 e. The number of benzene rings is 5. The molecule has 6 aromatic rings. The Kier molecular flexibility index (Phi) is 4.44. The van der Waals surface area contributed by atoms with Gasteiger partial charge in [0.2, 0.25) is 0 Å². The topological polar surface area (TPSA) is 35.0 Å². The molecule has 0 bridgehead atoms. The van der Waals surface area contributed by atoms with Crippen molar-refractivity contribution in [3.8, 4) is 45.1 Å². The first-order valence-electron chi connectivity index (χ1n) is 12.9. The minimum absolute atomic E-state index is 0.481. The lowest BCUT2D eigenvalue weighted by atomic mass is 9.65. The molecule has 0 saturated carbocycles. The van der Waals surface area contributed by atoms with Crippen LogP contribution in [0, 0.1) is 0 Å². The monoisotopic (exact) mass is 486 g/mol. The van der Waals surface area contributed by atoms with E-state index < -0.39 is 5.41 Å². The summed E-state index contributed by atoms with van der Waals surface area (Å²) < 4.78 is 6.73. The van der Waals surface area contributed by atoms with E-state index in [-0.39, 0.29) is 0 Å². The highest BCUT2D eigenvalue weighted by molar-refractivity contribution is 5.90. The van der Waals surface area contributed by atoms with E-state index in [9.17, 15) is 0 Å². The van der Waals surface area contributed by atoms with Crippen molar-refractivity contribution in [2.75, 3.05) is 0 Å². The first-order chi connectivity index (χ1) is 18.9. The van der Waals surface area contributed by atoms with Gasteiger partial charge in [-0.3, -0.25) is 0 Å². The Labute approximate surface area is 221 Å². The van der Waals surface area contributed by atoms with E-state index >= 15 is 0 Å². The van der Waals surface area contributed by atoms with Crippen LogP contribution in [0.5, 0.6) is 11.5 Å². The molecule has 1 aliphatic carbocycles. The number of ether oxygens (including phenoxy) is 1. The molecule has 0 N–H and O–H groups in total. The second kappa shape index (κ2) is 7.99. The molecule has 0 unspecified atom stereocenters. The van der Waals surface area contributed by atoms with E-state index in [0.29, 0.717) is 0 Å². The molecule has 0 fully saturated rings.